The molecule has 1 saturated heterocycles. The summed E-state index contributed by atoms with van der Waals surface area (Å²) in [4.78, 5) is 0. The van der Waals surface area contributed by atoms with E-state index in [9.17, 15) is 0 Å². The summed E-state index contributed by atoms with van der Waals surface area (Å²) in [5, 5.41) is 0. The van der Waals surface area contributed by atoms with E-state index in [1.165, 1.54) is 18.6 Å². The predicted octanol–water partition coefficient (Wildman–Crippen LogP) is 1.88. The molecule has 0 radical (unpaired) electrons. The van der Waals surface area contributed by atoms with Gasteiger partial charge in [0.25, 0.3) is 0 Å². The topological polar surface area (TPSA) is 35.2 Å². The van der Waals surface area contributed by atoms with Crippen molar-refractivity contribution in [2.75, 3.05) is 25.2 Å². The van der Waals surface area contributed by atoms with Gasteiger partial charge in [-0.3, -0.25) is 0 Å². The third kappa shape index (κ3) is 2.61. The van der Waals surface area contributed by atoms with Gasteiger partial charge >= 0.3 is 0 Å². The maximum atomic E-state index is 5.85. The van der Waals surface area contributed by atoms with Crippen LogP contribution in [-0.4, -0.2) is 31.3 Å². The molecule has 0 aromatic heterocycles. The summed E-state index contributed by atoms with van der Waals surface area (Å²) in [7, 11) is 0. The van der Waals surface area contributed by atoms with E-state index in [0.29, 0.717) is 6.10 Å². The van der Waals surface area contributed by atoms with Gasteiger partial charge in [-0.25, -0.2) is 0 Å². The summed E-state index contributed by atoms with van der Waals surface area (Å²) in [5.74, 6) is 1.24. The third-order valence-corrected chi connectivity index (χ3v) is 3.96. The molecule has 0 bridgehead atoms. The van der Waals surface area contributed by atoms with Crippen LogP contribution in [0.15, 0.2) is 0 Å². The van der Waals surface area contributed by atoms with Crippen LogP contribution >= 0.6 is 11.8 Å². The van der Waals surface area contributed by atoms with Crippen molar-refractivity contribution < 1.29 is 4.74 Å². The Labute approximate surface area is 85.6 Å². The molecule has 13 heavy (non-hydrogen) atoms. The first-order valence-corrected chi connectivity index (χ1v) is 6.45. The molecular formula is C10H21NOS. The maximum Gasteiger partial charge on any atom is 0.0616 e. The first kappa shape index (κ1) is 11.3. The van der Waals surface area contributed by atoms with E-state index in [-0.39, 0.29) is 5.41 Å². The first-order valence-electron chi connectivity index (χ1n) is 5.06. The van der Waals surface area contributed by atoms with Crippen LogP contribution in [0.4, 0.5) is 0 Å². The van der Waals surface area contributed by atoms with Crippen molar-refractivity contribution >= 4 is 11.8 Å². The first-order chi connectivity index (χ1) is 6.25. The molecule has 0 aromatic carbocycles. The molecule has 0 spiro atoms. The highest BCUT2D eigenvalue weighted by molar-refractivity contribution is 7.98. The molecule has 0 amide bonds. The lowest BCUT2D eigenvalue weighted by Gasteiger charge is -2.30. The highest BCUT2D eigenvalue weighted by Gasteiger charge is 2.39. The van der Waals surface area contributed by atoms with E-state index < -0.39 is 0 Å². The quantitative estimate of drug-likeness (QED) is 0.693. The zero-order valence-corrected chi connectivity index (χ0v) is 9.53. The van der Waals surface area contributed by atoms with Gasteiger partial charge in [0.05, 0.1) is 6.10 Å². The largest absolute Gasteiger partial charge is 0.378 e. The minimum atomic E-state index is 0.287. The van der Waals surface area contributed by atoms with Gasteiger partial charge in [0.2, 0.25) is 0 Å². The monoisotopic (exact) mass is 203 g/mol. The molecule has 0 aliphatic carbocycles. The fourth-order valence-electron chi connectivity index (χ4n) is 2.09. The summed E-state index contributed by atoms with van der Waals surface area (Å²) in [6.07, 6.45) is 6.17. The van der Waals surface area contributed by atoms with Crippen LogP contribution in [0.3, 0.4) is 0 Å². The summed E-state index contributed by atoms with van der Waals surface area (Å²) < 4.78 is 5.60. The van der Waals surface area contributed by atoms with Crippen molar-refractivity contribution in [1.29, 1.82) is 0 Å². The molecule has 2 nitrogen and oxygen atoms in total. The van der Waals surface area contributed by atoms with Crippen LogP contribution in [0.25, 0.3) is 0 Å². The molecule has 2 N–H and O–H groups in total. The number of thioether (sulfide) groups is 1. The van der Waals surface area contributed by atoms with Crippen LogP contribution in [0.2, 0.25) is 0 Å². The summed E-state index contributed by atoms with van der Waals surface area (Å²) >= 11 is 1.91. The van der Waals surface area contributed by atoms with Crippen molar-refractivity contribution in [2.24, 2.45) is 11.1 Å². The van der Waals surface area contributed by atoms with Gasteiger partial charge in [0, 0.05) is 18.6 Å². The standard InChI is InChI=1S/C10H21NOS/c1-9-10(8-11,5-6-12-9)4-3-7-13-2/h9H,3-8,11H2,1-2H3. The van der Waals surface area contributed by atoms with Crippen LogP contribution in [0.1, 0.15) is 26.2 Å². The molecule has 1 rings (SSSR count). The zero-order valence-electron chi connectivity index (χ0n) is 8.71. The third-order valence-electron chi connectivity index (χ3n) is 3.26. The smallest absolute Gasteiger partial charge is 0.0616 e. The van der Waals surface area contributed by atoms with Crippen LogP contribution in [0, 0.1) is 5.41 Å². The van der Waals surface area contributed by atoms with Gasteiger partial charge < -0.3 is 10.5 Å². The minimum Gasteiger partial charge on any atom is -0.378 e. The lowest BCUT2D eigenvalue weighted by Crippen LogP contribution is -2.36. The van der Waals surface area contributed by atoms with Crippen LogP contribution in [-0.2, 0) is 4.74 Å². The van der Waals surface area contributed by atoms with E-state index in [0.717, 1.165) is 19.6 Å². The Hall–Kier alpha value is 0.270. The number of hydrogen-bond donors (Lipinski definition) is 1. The lowest BCUT2D eigenvalue weighted by atomic mass is 9.78. The van der Waals surface area contributed by atoms with Gasteiger partial charge in [0.1, 0.15) is 0 Å². The van der Waals surface area contributed by atoms with Gasteiger partial charge in [-0.1, -0.05) is 0 Å². The van der Waals surface area contributed by atoms with Gasteiger partial charge in [-0.2, -0.15) is 11.8 Å². The fraction of sp³-hybridized carbons (Fsp3) is 1.00. The van der Waals surface area contributed by atoms with E-state index in [4.69, 9.17) is 10.5 Å². The Kier molecular flexibility index (Phi) is 4.56. The van der Waals surface area contributed by atoms with Gasteiger partial charge in [-0.05, 0) is 38.2 Å². The van der Waals surface area contributed by atoms with Crippen molar-refractivity contribution in [1.82, 2.24) is 0 Å². The van der Waals surface area contributed by atoms with Crippen LogP contribution < -0.4 is 5.73 Å². The lowest BCUT2D eigenvalue weighted by molar-refractivity contribution is 0.0628. The predicted molar refractivity (Wildman–Crippen MR) is 59.1 cm³/mol. The van der Waals surface area contributed by atoms with Crippen LogP contribution in [0.5, 0.6) is 0 Å². The highest BCUT2D eigenvalue weighted by atomic mass is 32.2. The van der Waals surface area contributed by atoms with Gasteiger partial charge in [-0.15, -0.1) is 0 Å². The molecule has 1 fully saturated rings. The molecule has 2 unspecified atom stereocenters. The summed E-state index contributed by atoms with van der Waals surface area (Å²) in [6, 6.07) is 0. The molecule has 0 aromatic rings. The van der Waals surface area contributed by atoms with Crippen molar-refractivity contribution in [3.05, 3.63) is 0 Å². The maximum absolute atomic E-state index is 5.85. The Bertz CT molecular complexity index is 154. The fourth-order valence-corrected chi connectivity index (χ4v) is 2.52. The van der Waals surface area contributed by atoms with E-state index in [1.54, 1.807) is 0 Å². The van der Waals surface area contributed by atoms with Crippen molar-refractivity contribution in [2.45, 2.75) is 32.3 Å². The number of rotatable bonds is 5. The second kappa shape index (κ2) is 5.23. The molecule has 1 aliphatic rings. The van der Waals surface area contributed by atoms with E-state index in [2.05, 4.69) is 13.2 Å². The minimum absolute atomic E-state index is 0.287. The average Bonchev–Trinajstić information content (AvgIpc) is 2.49. The molecular weight excluding hydrogens is 182 g/mol. The second-order valence-corrected chi connectivity index (χ2v) is 4.91. The number of hydrogen-bond acceptors (Lipinski definition) is 3. The Balaban J connectivity index is 2.39. The molecule has 2 atom stereocenters. The molecule has 1 aliphatic heterocycles. The highest BCUT2D eigenvalue weighted by Crippen LogP contribution is 2.38. The Morgan fingerprint density at radius 1 is 1.62 bits per heavy atom. The van der Waals surface area contributed by atoms with Crippen molar-refractivity contribution in [3.63, 3.8) is 0 Å². The molecule has 3 heteroatoms. The second-order valence-electron chi connectivity index (χ2n) is 3.93. The Morgan fingerprint density at radius 3 is 2.85 bits per heavy atom. The summed E-state index contributed by atoms with van der Waals surface area (Å²) in [6.45, 7) is 3.85. The van der Waals surface area contributed by atoms with Crippen molar-refractivity contribution in [3.8, 4) is 0 Å². The molecule has 78 valence electrons. The number of ether oxygens (including phenoxy) is 1. The normalized spacial score (nSPS) is 33.9. The Morgan fingerprint density at radius 2 is 2.38 bits per heavy atom. The average molecular weight is 203 g/mol. The van der Waals surface area contributed by atoms with E-state index in [1.807, 2.05) is 11.8 Å². The van der Waals surface area contributed by atoms with Gasteiger partial charge in [0.15, 0.2) is 0 Å². The zero-order chi connectivity index (χ0) is 9.73. The van der Waals surface area contributed by atoms with E-state index >= 15 is 0 Å². The SMILES string of the molecule is CSCCCC1(CN)CCOC1C. The molecule has 1 heterocycles. The summed E-state index contributed by atoms with van der Waals surface area (Å²) in [5.41, 5.74) is 6.14. The molecule has 0 saturated carbocycles. The number of nitrogens with two attached hydrogens (primary N) is 1.